The predicted octanol–water partition coefficient (Wildman–Crippen LogP) is 13.9. The molecule has 55 heavy (non-hydrogen) atoms. The van der Waals surface area contributed by atoms with Crippen LogP contribution in [0.3, 0.4) is 0 Å². The van der Waals surface area contributed by atoms with Crippen LogP contribution in [0.2, 0.25) is 0 Å². The molecule has 0 aliphatic heterocycles. The fourth-order valence-electron chi connectivity index (χ4n) is 7.43. The summed E-state index contributed by atoms with van der Waals surface area (Å²) in [4.78, 5) is 14.9. The third-order valence-corrected chi connectivity index (χ3v) is 11.3. The molecule has 0 fully saturated rings. The minimum atomic E-state index is 0.680. The molecule has 4 heteroatoms. The van der Waals surface area contributed by atoms with Gasteiger partial charge in [0.15, 0.2) is 5.82 Å². The highest BCUT2D eigenvalue weighted by Crippen LogP contribution is 2.40. The number of fused-ring (bicyclic) bond motifs is 3. The normalized spacial score (nSPS) is 11.3. The molecular weight excluding hydrogens is 687 g/mol. The lowest BCUT2D eigenvalue weighted by Gasteiger charge is -2.15. The number of rotatable bonds is 7. The Hall–Kier alpha value is -7.01. The van der Waals surface area contributed by atoms with Crippen LogP contribution in [0.1, 0.15) is 0 Å². The van der Waals surface area contributed by atoms with Crippen LogP contribution in [0.4, 0.5) is 0 Å². The molecule has 3 nitrogen and oxygen atoms in total. The molecule has 0 unspecified atom stereocenters. The van der Waals surface area contributed by atoms with Crippen molar-refractivity contribution < 1.29 is 0 Å². The molecule has 0 saturated heterocycles. The third kappa shape index (κ3) is 6.39. The van der Waals surface area contributed by atoms with Gasteiger partial charge in [-0.25, -0.2) is 9.97 Å². The Balaban J connectivity index is 1.18. The highest BCUT2D eigenvalue weighted by molar-refractivity contribution is 7.25. The first kappa shape index (κ1) is 32.6. The molecule has 0 N–H and O–H groups in total. The van der Waals surface area contributed by atoms with Gasteiger partial charge in [-0.3, -0.25) is 4.98 Å². The van der Waals surface area contributed by atoms with Crippen LogP contribution in [0.5, 0.6) is 0 Å². The molecule has 0 saturated carbocycles. The molecule has 0 bridgehead atoms. The molecule has 0 aliphatic rings. The van der Waals surface area contributed by atoms with Crippen LogP contribution in [0, 0.1) is 0 Å². The molecule has 10 rings (SSSR count). The molecule has 0 aliphatic carbocycles. The first-order chi connectivity index (χ1) is 27.2. The Morgan fingerprint density at radius 3 is 1.65 bits per heavy atom. The van der Waals surface area contributed by atoms with E-state index in [2.05, 4.69) is 169 Å². The summed E-state index contributed by atoms with van der Waals surface area (Å²) in [7, 11) is 0. The minimum Gasteiger partial charge on any atom is -0.264 e. The standard InChI is InChI=1S/C51H33N3S/c1-3-12-34(13-4-1)35-21-23-36(24-22-35)40-28-41(38-25-26-50-46(31-38)45-19-9-10-20-49(45)55-50)30-42(29-40)47-32-48(54-51(53-47)37-14-5-2-6-15-37)44-18-8-7-17-43(44)39-16-11-27-52-33-39/h1-33H. The second-order valence-corrected chi connectivity index (χ2v) is 14.8. The molecule has 0 radical (unpaired) electrons. The van der Waals surface area contributed by atoms with Gasteiger partial charge in [0.25, 0.3) is 0 Å². The Bertz CT molecular complexity index is 2950. The fourth-order valence-corrected chi connectivity index (χ4v) is 8.52. The van der Waals surface area contributed by atoms with Crippen LogP contribution < -0.4 is 0 Å². The summed E-state index contributed by atoms with van der Waals surface area (Å²) in [6.45, 7) is 0. The Kier molecular flexibility index (Phi) is 8.36. The minimum absolute atomic E-state index is 0.680. The van der Waals surface area contributed by atoms with Crippen LogP contribution in [-0.2, 0) is 0 Å². The number of thiophene rings is 1. The Labute approximate surface area is 323 Å². The zero-order valence-corrected chi connectivity index (χ0v) is 30.6. The van der Waals surface area contributed by atoms with Gasteiger partial charge < -0.3 is 0 Å². The second-order valence-electron chi connectivity index (χ2n) is 13.7. The van der Waals surface area contributed by atoms with Crippen LogP contribution in [-0.4, -0.2) is 15.0 Å². The van der Waals surface area contributed by atoms with Gasteiger partial charge in [0.05, 0.1) is 11.4 Å². The first-order valence-corrected chi connectivity index (χ1v) is 19.2. The number of pyridine rings is 1. The zero-order valence-electron chi connectivity index (χ0n) is 29.8. The summed E-state index contributed by atoms with van der Waals surface area (Å²) in [6, 6.07) is 66.7. The van der Waals surface area contributed by atoms with Crippen LogP contribution in [0.15, 0.2) is 200 Å². The van der Waals surface area contributed by atoms with Crippen LogP contribution >= 0.6 is 11.3 Å². The first-order valence-electron chi connectivity index (χ1n) is 18.4. The topological polar surface area (TPSA) is 38.7 Å². The van der Waals surface area contributed by atoms with Gasteiger partial charge in [-0.15, -0.1) is 11.3 Å². The maximum Gasteiger partial charge on any atom is 0.160 e. The molecule has 3 aromatic heterocycles. The van der Waals surface area contributed by atoms with Crippen molar-refractivity contribution in [3.05, 3.63) is 200 Å². The van der Waals surface area contributed by atoms with E-state index in [1.54, 1.807) is 6.20 Å². The van der Waals surface area contributed by atoms with E-state index in [-0.39, 0.29) is 0 Å². The van der Waals surface area contributed by atoms with Crippen molar-refractivity contribution >= 4 is 31.5 Å². The van der Waals surface area contributed by atoms with Gasteiger partial charge in [0, 0.05) is 54.8 Å². The van der Waals surface area contributed by atoms with E-state index in [1.165, 1.54) is 36.9 Å². The Morgan fingerprint density at radius 2 is 0.891 bits per heavy atom. The molecule has 3 heterocycles. The largest absolute Gasteiger partial charge is 0.264 e. The van der Waals surface area contributed by atoms with Gasteiger partial charge in [-0.1, -0.05) is 140 Å². The number of hydrogen-bond donors (Lipinski definition) is 0. The number of benzene rings is 7. The maximum absolute atomic E-state index is 5.29. The quantitative estimate of drug-likeness (QED) is 0.165. The summed E-state index contributed by atoms with van der Waals surface area (Å²) in [5.74, 6) is 0.680. The van der Waals surface area contributed by atoms with Crippen molar-refractivity contribution in [1.82, 2.24) is 15.0 Å². The second kappa shape index (κ2) is 14.1. The highest BCUT2D eigenvalue weighted by atomic mass is 32.1. The summed E-state index contributed by atoms with van der Waals surface area (Å²) in [5, 5.41) is 2.57. The Morgan fingerprint density at radius 1 is 0.327 bits per heavy atom. The van der Waals surface area contributed by atoms with Crippen molar-refractivity contribution in [1.29, 1.82) is 0 Å². The van der Waals surface area contributed by atoms with Gasteiger partial charge in [0.2, 0.25) is 0 Å². The van der Waals surface area contributed by atoms with Crippen molar-refractivity contribution in [3.8, 4) is 78.4 Å². The van der Waals surface area contributed by atoms with Gasteiger partial charge in [-0.2, -0.15) is 0 Å². The van der Waals surface area contributed by atoms with E-state index in [1.807, 2.05) is 41.8 Å². The van der Waals surface area contributed by atoms with Crippen molar-refractivity contribution in [2.24, 2.45) is 0 Å². The van der Waals surface area contributed by atoms with E-state index in [4.69, 9.17) is 9.97 Å². The predicted molar refractivity (Wildman–Crippen MR) is 231 cm³/mol. The summed E-state index contributed by atoms with van der Waals surface area (Å²) >= 11 is 1.84. The van der Waals surface area contributed by atoms with E-state index in [0.717, 1.165) is 55.9 Å². The number of aromatic nitrogens is 3. The van der Waals surface area contributed by atoms with Gasteiger partial charge in [-0.05, 0) is 87.5 Å². The van der Waals surface area contributed by atoms with Crippen molar-refractivity contribution in [3.63, 3.8) is 0 Å². The lowest BCUT2D eigenvalue weighted by atomic mass is 9.92. The monoisotopic (exact) mass is 719 g/mol. The summed E-state index contributed by atoms with van der Waals surface area (Å²) < 4.78 is 2.59. The molecule has 0 amide bonds. The zero-order chi connectivity index (χ0) is 36.6. The number of nitrogens with zero attached hydrogens (tertiary/aromatic N) is 3. The molecule has 10 aromatic rings. The highest BCUT2D eigenvalue weighted by Gasteiger charge is 2.17. The molecule has 258 valence electrons. The van der Waals surface area contributed by atoms with E-state index in [9.17, 15) is 0 Å². The average molecular weight is 720 g/mol. The lowest BCUT2D eigenvalue weighted by molar-refractivity contribution is 1.18. The van der Waals surface area contributed by atoms with E-state index >= 15 is 0 Å². The van der Waals surface area contributed by atoms with Gasteiger partial charge >= 0.3 is 0 Å². The van der Waals surface area contributed by atoms with E-state index in [0.29, 0.717) is 5.82 Å². The van der Waals surface area contributed by atoms with Crippen molar-refractivity contribution in [2.75, 3.05) is 0 Å². The molecule has 0 spiro atoms. The fraction of sp³-hybridized carbons (Fsp3) is 0. The van der Waals surface area contributed by atoms with Gasteiger partial charge in [0.1, 0.15) is 0 Å². The molecule has 7 aromatic carbocycles. The maximum atomic E-state index is 5.29. The third-order valence-electron chi connectivity index (χ3n) is 10.2. The molecular formula is C51H33N3S. The van der Waals surface area contributed by atoms with Crippen LogP contribution in [0.25, 0.3) is 98.6 Å². The summed E-state index contributed by atoms with van der Waals surface area (Å²) in [6.07, 6.45) is 3.71. The SMILES string of the molecule is c1ccc(-c2ccc(-c3cc(-c4ccc5sc6ccccc6c5c4)cc(-c4cc(-c5ccccc5-c5cccnc5)nc(-c5ccccc5)n4)c3)cc2)cc1. The smallest absolute Gasteiger partial charge is 0.160 e. The average Bonchev–Trinajstić information content (AvgIpc) is 3.65. The molecule has 0 atom stereocenters. The summed E-state index contributed by atoms with van der Waals surface area (Å²) in [5.41, 5.74) is 13.8. The number of hydrogen-bond acceptors (Lipinski definition) is 4. The van der Waals surface area contributed by atoms with Crippen molar-refractivity contribution in [2.45, 2.75) is 0 Å². The van der Waals surface area contributed by atoms with E-state index < -0.39 is 0 Å². The lowest BCUT2D eigenvalue weighted by Crippen LogP contribution is -1.97.